The highest BCUT2D eigenvalue weighted by Crippen LogP contribution is 2.32. The normalized spacial score (nSPS) is 25.3. The van der Waals surface area contributed by atoms with Crippen LogP contribution in [0.25, 0.3) is 0 Å². The van der Waals surface area contributed by atoms with E-state index in [-0.39, 0.29) is 0 Å². The number of nitrogens with one attached hydrogen (secondary N) is 2. The molecule has 1 heterocycles. The van der Waals surface area contributed by atoms with Crippen LogP contribution in [0.2, 0.25) is 0 Å². The number of nitrogens with zero attached hydrogens (tertiary/aromatic N) is 2. The van der Waals surface area contributed by atoms with Crippen LogP contribution < -0.4 is 10.6 Å². The van der Waals surface area contributed by atoms with E-state index in [1.54, 1.807) is 18.7 Å². The van der Waals surface area contributed by atoms with Gasteiger partial charge in [0, 0.05) is 25.5 Å². The number of carbonyl (C=O) groups excluding carboxylic acids is 1. The van der Waals surface area contributed by atoms with Crippen molar-refractivity contribution in [1.29, 1.82) is 0 Å². The van der Waals surface area contributed by atoms with Crippen molar-refractivity contribution in [3.05, 3.63) is 18.7 Å². The van der Waals surface area contributed by atoms with Gasteiger partial charge in [0.1, 0.15) is 5.54 Å². The van der Waals surface area contributed by atoms with Crippen molar-refractivity contribution in [2.75, 3.05) is 6.54 Å². The van der Waals surface area contributed by atoms with Crippen molar-refractivity contribution in [3.63, 3.8) is 0 Å². The van der Waals surface area contributed by atoms with E-state index < -0.39 is 17.5 Å². The number of carbonyl (C=O) groups is 2. The zero-order chi connectivity index (χ0) is 15.3. The average molecular weight is 294 g/mol. The number of carboxylic acids is 1. The first-order valence-corrected chi connectivity index (χ1v) is 7.27. The van der Waals surface area contributed by atoms with Gasteiger partial charge in [0.05, 0.1) is 6.33 Å². The van der Waals surface area contributed by atoms with Crippen LogP contribution in [0.1, 0.15) is 32.6 Å². The van der Waals surface area contributed by atoms with Crippen LogP contribution in [0.3, 0.4) is 0 Å². The molecule has 2 rings (SSSR count). The van der Waals surface area contributed by atoms with Crippen LogP contribution >= 0.6 is 0 Å². The van der Waals surface area contributed by atoms with Crippen molar-refractivity contribution in [2.24, 2.45) is 5.92 Å². The Labute approximate surface area is 123 Å². The van der Waals surface area contributed by atoms with Gasteiger partial charge in [-0.1, -0.05) is 6.92 Å². The SMILES string of the molecule is CC1CCC(NC(=O)NCCn2ccnc2)(C(=O)O)CC1. The summed E-state index contributed by atoms with van der Waals surface area (Å²) in [4.78, 5) is 27.4. The Hall–Kier alpha value is -2.05. The highest BCUT2D eigenvalue weighted by atomic mass is 16.4. The number of hydrogen-bond acceptors (Lipinski definition) is 3. The second kappa shape index (κ2) is 6.60. The standard InChI is InChI=1S/C14H22N4O3/c1-11-2-4-14(5-3-11,12(19)20)17-13(21)16-7-9-18-8-6-15-10-18/h6,8,10-11H,2-5,7,9H2,1H3,(H,19,20)(H2,16,17,21). The van der Waals surface area contributed by atoms with Crippen molar-refractivity contribution in [1.82, 2.24) is 20.2 Å². The van der Waals surface area contributed by atoms with Gasteiger partial charge in [0.25, 0.3) is 0 Å². The zero-order valence-corrected chi connectivity index (χ0v) is 12.2. The van der Waals surface area contributed by atoms with Gasteiger partial charge in [-0.05, 0) is 31.6 Å². The molecule has 0 saturated heterocycles. The van der Waals surface area contributed by atoms with E-state index in [0.29, 0.717) is 31.8 Å². The smallest absolute Gasteiger partial charge is 0.329 e. The molecule has 7 nitrogen and oxygen atoms in total. The van der Waals surface area contributed by atoms with E-state index in [0.717, 1.165) is 12.8 Å². The maximum atomic E-state index is 11.9. The topological polar surface area (TPSA) is 96.3 Å². The largest absolute Gasteiger partial charge is 0.480 e. The van der Waals surface area contributed by atoms with Gasteiger partial charge in [-0.3, -0.25) is 0 Å². The minimum atomic E-state index is -1.12. The molecule has 1 aromatic heterocycles. The highest BCUT2D eigenvalue weighted by molar-refractivity contribution is 5.86. The summed E-state index contributed by atoms with van der Waals surface area (Å²) < 4.78 is 1.84. The lowest BCUT2D eigenvalue weighted by atomic mass is 9.77. The Morgan fingerprint density at radius 2 is 2.14 bits per heavy atom. The number of carboxylic acid groups (broad SMARTS) is 1. The van der Waals surface area contributed by atoms with Crippen LogP contribution in [0.4, 0.5) is 4.79 Å². The lowest BCUT2D eigenvalue weighted by Crippen LogP contribution is -2.58. The van der Waals surface area contributed by atoms with Crippen LogP contribution in [-0.2, 0) is 11.3 Å². The molecule has 0 spiro atoms. The summed E-state index contributed by atoms with van der Waals surface area (Å²) in [5.41, 5.74) is -1.12. The summed E-state index contributed by atoms with van der Waals surface area (Å²) >= 11 is 0. The van der Waals surface area contributed by atoms with E-state index in [2.05, 4.69) is 22.5 Å². The van der Waals surface area contributed by atoms with E-state index in [4.69, 9.17) is 0 Å². The Kier molecular flexibility index (Phi) is 4.82. The first-order chi connectivity index (χ1) is 10.0. The predicted octanol–water partition coefficient (Wildman–Crippen LogP) is 1.22. The highest BCUT2D eigenvalue weighted by Gasteiger charge is 2.42. The van der Waals surface area contributed by atoms with Gasteiger partial charge < -0.3 is 20.3 Å². The lowest BCUT2D eigenvalue weighted by molar-refractivity contribution is -0.146. The fourth-order valence-electron chi connectivity index (χ4n) is 2.63. The summed E-state index contributed by atoms with van der Waals surface area (Å²) in [6.45, 7) is 3.13. The summed E-state index contributed by atoms with van der Waals surface area (Å²) in [7, 11) is 0. The number of aliphatic carboxylic acids is 1. The Balaban J connectivity index is 1.82. The number of hydrogen-bond donors (Lipinski definition) is 3. The van der Waals surface area contributed by atoms with E-state index >= 15 is 0 Å². The number of amides is 2. The van der Waals surface area contributed by atoms with Gasteiger partial charge in [0.15, 0.2) is 0 Å². The molecule has 3 N–H and O–H groups in total. The molecule has 1 fully saturated rings. The summed E-state index contributed by atoms with van der Waals surface area (Å²) in [6, 6.07) is -0.424. The average Bonchev–Trinajstić information content (AvgIpc) is 2.94. The Morgan fingerprint density at radius 3 is 2.71 bits per heavy atom. The molecule has 0 radical (unpaired) electrons. The van der Waals surface area contributed by atoms with Gasteiger partial charge in [-0.25, -0.2) is 14.6 Å². The maximum Gasteiger partial charge on any atom is 0.329 e. The third kappa shape index (κ3) is 3.96. The molecule has 116 valence electrons. The molecule has 0 aromatic carbocycles. The molecule has 0 bridgehead atoms. The number of urea groups is 1. The number of aromatic nitrogens is 2. The minimum absolute atomic E-state index is 0.424. The molecule has 21 heavy (non-hydrogen) atoms. The predicted molar refractivity (Wildman–Crippen MR) is 76.8 cm³/mol. The first kappa shape index (κ1) is 15.3. The van der Waals surface area contributed by atoms with E-state index in [9.17, 15) is 14.7 Å². The maximum absolute atomic E-state index is 11.9. The fraction of sp³-hybridized carbons (Fsp3) is 0.643. The lowest BCUT2D eigenvalue weighted by Gasteiger charge is -2.36. The van der Waals surface area contributed by atoms with Gasteiger partial charge in [-0.15, -0.1) is 0 Å². The molecule has 0 unspecified atom stereocenters. The zero-order valence-electron chi connectivity index (χ0n) is 12.2. The molecule has 1 aliphatic rings. The van der Waals surface area contributed by atoms with Crippen LogP contribution in [0.15, 0.2) is 18.7 Å². The summed E-state index contributed by atoms with van der Waals surface area (Å²) in [5, 5.41) is 14.8. The summed E-state index contributed by atoms with van der Waals surface area (Å²) in [5.74, 6) is -0.428. The van der Waals surface area contributed by atoms with E-state index in [1.807, 2.05) is 4.57 Å². The van der Waals surface area contributed by atoms with Gasteiger partial charge in [-0.2, -0.15) is 0 Å². The van der Waals surface area contributed by atoms with Gasteiger partial charge in [0.2, 0.25) is 0 Å². The molecular formula is C14H22N4O3. The molecule has 0 atom stereocenters. The molecule has 1 aromatic rings. The third-order valence-corrected chi connectivity index (χ3v) is 4.10. The number of imidazole rings is 1. The van der Waals surface area contributed by atoms with Crippen LogP contribution in [0, 0.1) is 5.92 Å². The van der Waals surface area contributed by atoms with Crippen LogP contribution in [0.5, 0.6) is 0 Å². The Bertz CT molecular complexity index is 478. The first-order valence-electron chi connectivity index (χ1n) is 7.27. The van der Waals surface area contributed by atoms with Crippen molar-refractivity contribution < 1.29 is 14.7 Å². The quantitative estimate of drug-likeness (QED) is 0.760. The van der Waals surface area contributed by atoms with E-state index in [1.165, 1.54) is 0 Å². The fourth-order valence-corrected chi connectivity index (χ4v) is 2.63. The molecule has 0 aliphatic heterocycles. The molecule has 2 amide bonds. The molecule has 1 aliphatic carbocycles. The second-order valence-corrected chi connectivity index (χ2v) is 5.75. The van der Waals surface area contributed by atoms with Crippen molar-refractivity contribution >= 4 is 12.0 Å². The molecular weight excluding hydrogens is 272 g/mol. The molecule has 7 heteroatoms. The third-order valence-electron chi connectivity index (χ3n) is 4.10. The molecule has 1 saturated carbocycles. The Morgan fingerprint density at radius 1 is 1.43 bits per heavy atom. The van der Waals surface area contributed by atoms with Gasteiger partial charge >= 0.3 is 12.0 Å². The minimum Gasteiger partial charge on any atom is -0.480 e. The summed E-state index contributed by atoms with van der Waals surface area (Å²) in [6.07, 6.45) is 7.75. The monoisotopic (exact) mass is 294 g/mol. The van der Waals surface area contributed by atoms with Crippen molar-refractivity contribution in [3.8, 4) is 0 Å². The number of rotatable bonds is 5. The second-order valence-electron chi connectivity index (χ2n) is 5.75. The van der Waals surface area contributed by atoms with Crippen molar-refractivity contribution in [2.45, 2.75) is 44.7 Å². The van der Waals surface area contributed by atoms with Crippen LogP contribution in [-0.4, -0.2) is 38.7 Å².